The van der Waals surface area contributed by atoms with Crippen LogP contribution in [0.1, 0.15) is 81.8 Å². The van der Waals surface area contributed by atoms with Crippen LogP contribution < -0.4 is 0 Å². The number of unbranched alkanes of at least 4 members (excludes halogenated alkanes) is 2. The molecule has 1 rings (SSSR count). The summed E-state index contributed by atoms with van der Waals surface area (Å²) in [6, 6.07) is 6.11. The molecule has 29 heavy (non-hydrogen) atoms. The first-order valence-corrected chi connectivity index (χ1v) is 11.1. The smallest absolute Gasteiger partial charge is 0.325 e. The number of nitrogens with zero attached hydrogens (tertiary/aromatic N) is 1. The molecule has 0 bridgehead atoms. The van der Waals surface area contributed by atoms with Gasteiger partial charge in [0.2, 0.25) is 0 Å². The molecule has 0 atom stereocenters. The molecule has 5 nitrogen and oxygen atoms in total. The van der Waals surface area contributed by atoms with E-state index in [1.54, 1.807) is 4.90 Å². The molecule has 1 aromatic rings. The summed E-state index contributed by atoms with van der Waals surface area (Å²) in [5.41, 5.74) is 3.07. The molecule has 0 aliphatic heterocycles. The van der Waals surface area contributed by atoms with E-state index in [0.717, 1.165) is 38.5 Å². The highest BCUT2D eigenvalue weighted by atomic mass is 16.6. The molecule has 1 aromatic carbocycles. The van der Waals surface area contributed by atoms with Gasteiger partial charge >= 0.3 is 5.97 Å². The first-order valence-electron chi connectivity index (χ1n) is 11.1. The highest BCUT2D eigenvalue weighted by Crippen LogP contribution is 2.18. The van der Waals surface area contributed by atoms with Crippen LogP contribution in [0.25, 0.3) is 0 Å². The molecule has 0 aromatic heterocycles. The third kappa shape index (κ3) is 9.44. The number of hydrogen-bond donors (Lipinski definition) is 0. The highest BCUT2D eigenvalue weighted by molar-refractivity contribution is 5.96. The van der Waals surface area contributed by atoms with Crippen molar-refractivity contribution >= 4 is 11.9 Å². The molecular formula is C24H39NO4. The van der Waals surface area contributed by atoms with Gasteiger partial charge in [-0.2, -0.15) is 0 Å². The Morgan fingerprint density at radius 3 is 2.00 bits per heavy atom. The zero-order valence-electron chi connectivity index (χ0n) is 19.0. The van der Waals surface area contributed by atoms with E-state index in [-0.39, 0.29) is 25.1 Å². The summed E-state index contributed by atoms with van der Waals surface area (Å²) in [6.07, 6.45) is 6.38. The molecule has 0 saturated carbocycles. The van der Waals surface area contributed by atoms with Gasteiger partial charge < -0.3 is 14.4 Å². The van der Waals surface area contributed by atoms with Gasteiger partial charge in [-0.25, -0.2) is 0 Å². The first kappa shape index (κ1) is 25.2. The van der Waals surface area contributed by atoms with E-state index in [1.165, 1.54) is 11.1 Å². The topological polar surface area (TPSA) is 55.8 Å². The van der Waals surface area contributed by atoms with Gasteiger partial charge in [0.1, 0.15) is 13.2 Å². The van der Waals surface area contributed by atoms with Crippen LogP contribution in [0.4, 0.5) is 0 Å². The molecule has 0 unspecified atom stereocenters. The highest BCUT2D eigenvalue weighted by Gasteiger charge is 2.23. The number of aryl methyl sites for hydroxylation is 2. The number of hydrogen-bond acceptors (Lipinski definition) is 4. The van der Waals surface area contributed by atoms with E-state index in [9.17, 15) is 9.59 Å². The number of rotatable bonds is 14. The molecule has 0 radical (unpaired) electrons. The Bertz CT molecular complexity index is 601. The van der Waals surface area contributed by atoms with Gasteiger partial charge in [-0.3, -0.25) is 9.59 Å². The van der Waals surface area contributed by atoms with Crippen molar-refractivity contribution in [1.82, 2.24) is 4.90 Å². The lowest BCUT2D eigenvalue weighted by Gasteiger charge is -2.26. The summed E-state index contributed by atoms with van der Waals surface area (Å²) >= 11 is 0. The number of benzene rings is 1. The Morgan fingerprint density at radius 1 is 0.931 bits per heavy atom. The summed E-state index contributed by atoms with van der Waals surface area (Å²) in [7, 11) is 0. The Kier molecular flexibility index (Phi) is 12.3. The Hall–Kier alpha value is -1.88. The maximum atomic E-state index is 13.2. The van der Waals surface area contributed by atoms with Crippen molar-refractivity contribution in [3.63, 3.8) is 0 Å². The van der Waals surface area contributed by atoms with Crippen LogP contribution in [-0.2, 0) is 27.1 Å². The van der Waals surface area contributed by atoms with E-state index in [2.05, 4.69) is 19.9 Å². The van der Waals surface area contributed by atoms with Crippen LogP contribution in [0.15, 0.2) is 18.2 Å². The zero-order chi connectivity index (χ0) is 21.6. The average Bonchev–Trinajstić information content (AvgIpc) is 2.71. The van der Waals surface area contributed by atoms with Crippen LogP contribution in [0.5, 0.6) is 0 Å². The van der Waals surface area contributed by atoms with Crippen LogP contribution in [0, 0.1) is 0 Å². The van der Waals surface area contributed by atoms with Crippen molar-refractivity contribution in [1.29, 1.82) is 0 Å². The molecule has 0 spiro atoms. The minimum Gasteiger partial charge on any atom is -0.462 e. The third-order valence-corrected chi connectivity index (χ3v) is 4.82. The molecule has 5 heteroatoms. The number of esters is 1. The van der Waals surface area contributed by atoms with Crippen molar-refractivity contribution in [2.45, 2.75) is 79.2 Å². The second-order valence-electron chi connectivity index (χ2n) is 7.69. The minimum atomic E-state index is -0.403. The normalized spacial score (nSPS) is 11.0. The van der Waals surface area contributed by atoms with E-state index < -0.39 is 5.97 Å². The molecule has 0 aliphatic carbocycles. The maximum absolute atomic E-state index is 13.2. The predicted octanol–water partition coefficient (Wildman–Crippen LogP) is 4.80. The summed E-state index contributed by atoms with van der Waals surface area (Å²) < 4.78 is 10.4. The van der Waals surface area contributed by atoms with Gasteiger partial charge in [-0.05, 0) is 69.7 Å². The van der Waals surface area contributed by atoms with Gasteiger partial charge in [0, 0.05) is 18.2 Å². The van der Waals surface area contributed by atoms with Crippen molar-refractivity contribution in [2.75, 3.05) is 26.4 Å². The van der Waals surface area contributed by atoms with E-state index in [4.69, 9.17) is 9.47 Å². The Labute approximate surface area is 176 Å². The fourth-order valence-electron chi connectivity index (χ4n) is 3.13. The van der Waals surface area contributed by atoms with Crippen LogP contribution in [-0.4, -0.2) is 49.2 Å². The fraction of sp³-hybridized carbons (Fsp3) is 0.667. The molecular weight excluding hydrogens is 366 g/mol. The fourth-order valence-corrected chi connectivity index (χ4v) is 3.13. The number of amides is 1. The van der Waals surface area contributed by atoms with Crippen LogP contribution in [0.2, 0.25) is 0 Å². The standard InChI is InChI=1S/C24H39NO4/c1-6-9-11-20-15-21(12-10-7-2)17-22(16-20)24(27)25(19(4)5)18-23(26)29-14-13-28-8-3/h15-17,19H,6-14,18H2,1-5H3. The maximum Gasteiger partial charge on any atom is 0.325 e. The molecule has 164 valence electrons. The second kappa shape index (κ2) is 14.2. The summed E-state index contributed by atoms with van der Waals surface area (Å²) in [5, 5.41) is 0. The molecule has 0 fully saturated rings. The van der Waals surface area contributed by atoms with Crippen molar-refractivity contribution < 1.29 is 19.1 Å². The number of ether oxygens (including phenoxy) is 2. The van der Waals surface area contributed by atoms with Gasteiger partial charge in [-0.1, -0.05) is 32.8 Å². The monoisotopic (exact) mass is 405 g/mol. The van der Waals surface area contributed by atoms with Crippen molar-refractivity contribution in [2.24, 2.45) is 0 Å². The molecule has 0 N–H and O–H groups in total. The average molecular weight is 406 g/mol. The van der Waals surface area contributed by atoms with Crippen molar-refractivity contribution in [3.8, 4) is 0 Å². The lowest BCUT2D eigenvalue weighted by molar-refractivity contribution is -0.146. The largest absolute Gasteiger partial charge is 0.462 e. The Morgan fingerprint density at radius 2 is 1.52 bits per heavy atom. The van der Waals surface area contributed by atoms with Gasteiger partial charge in [0.25, 0.3) is 5.91 Å². The summed E-state index contributed by atoms with van der Waals surface area (Å²) in [5.74, 6) is -0.516. The molecule has 1 amide bonds. The van der Waals surface area contributed by atoms with E-state index in [0.29, 0.717) is 18.8 Å². The zero-order valence-corrected chi connectivity index (χ0v) is 19.0. The molecule has 0 aliphatic rings. The lowest BCUT2D eigenvalue weighted by Crippen LogP contribution is -2.41. The minimum absolute atomic E-state index is 0.0495. The second-order valence-corrected chi connectivity index (χ2v) is 7.69. The van der Waals surface area contributed by atoms with Gasteiger partial charge in [0.15, 0.2) is 0 Å². The molecule has 0 heterocycles. The number of carbonyl (C=O) groups is 2. The quantitative estimate of drug-likeness (QED) is 0.329. The summed E-state index contributed by atoms with van der Waals surface area (Å²) in [6.45, 7) is 11.2. The van der Waals surface area contributed by atoms with E-state index >= 15 is 0 Å². The van der Waals surface area contributed by atoms with Gasteiger partial charge in [0.05, 0.1) is 6.61 Å². The predicted molar refractivity (Wildman–Crippen MR) is 117 cm³/mol. The third-order valence-electron chi connectivity index (χ3n) is 4.82. The summed E-state index contributed by atoms with van der Waals surface area (Å²) in [4.78, 5) is 27.0. The molecule has 0 saturated heterocycles. The van der Waals surface area contributed by atoms with Crippen molar-refractivity contribution in [3.05, 3.63) is 34.9 Å². The van der Waals surface area contributed by atoms with Crippen LogP contribution >= 0.6 is 0 Å². The Balaban J connectivity index is 2.94. The van der Waals surface area contributed by atoms with Gasteiger partial charge in [-0.15, -0.1) is 0 Å². The van der Waals surface area contributed by atoms with Crippen LogP contribution in [0.3, 0.4) is 0 Å². The van der Waals surface area contributed by atoms with E-state index in [1.807, 2.05) is 32.9 Å². The first-order chi connectivity index (χ1) is 13.9. The number of carbonyl (C=O) groups excluding carboxylic acids is 2. The lowest BCUT2D eigenvalue weighted by atomic mass is 9.98. The SMILES string of the molecule is CCCCc1cc(CCCC)cc(C(=O)N(CC(=O)OCCOCC)C(C)C)c1.